The molecule has 0 amide bonds. The normalized spacial score (nSPS) is 31.1. The summed E-state index contributed by atoms with van der Waals surface area (Å²) in [6.07, 6.45) is 8.46. The first-order chi connectivity index (χ1) is 14.5. The molecule has 1 aliphatic heterocycles. The minimum absolute atomic E-state index is 0.0515. The van der Waals surface area contributed by atoms with E-state index in [1.54, 1.807) is 22.8 Å². The summed E-state index contributed by atoms with van der Waals surface area (Å²) < 4.78 is 7.16. The van der Waals surface area contributed by atoms with Crippen LogP contribution < -0.4 is 5.56 Å². The zero-order valence-electron chi connectivity index (χ0n) is 17.1. The Morgan fingerprint density at radius 3 is 2.50 bits per heavy atom. The van der Waals surface area contributed by atoms with Crippen LogP contribution in [0, 0.1) is 23.2 Å². The lowest BCUT2D eigenvalue weighted by Crippen LogP contribution is -2.51. The summed E-state index contributed by atoms with van der Waals surface area (Å²) in [5.41, 5.74) is 0.560. The Balaban J connectivity index is 1.19. The monoisotopic (exact) mass is 406 g/mol. The zero-order chi connectivity index (χ0) is 20.5. The van der Waals surface area contributed by atoms with Crippen molar-refractivity contribution in [1.82, 2.24) is 9.55 Å². The van der Waals surface area contributed by atoms with Crippen LogP contribution in [0.4, 0.5) is 0 Å². The lowest BCUT2D eigenvalue weighted by molar-refractivity contribution is -0.147. The summed E-state index contributed by atoms with van der Waals surface area (Å²) in [4.78, 5) is 42.9. The van der Waals surface area contributed by atoms with E-state index in [9.17, 15) is 14.4 Å². The number of ketones is 1. The van der Waals surface area contributed by atoms with Crippen LogP contribution in [0.3, 0.4) is 0 Å². The predicted octanol–water partition coefficient (Wildman–Crippen LogP) is 3.29. The number of Topliss-reactive ketones (excluding diaryl/α,β-unsaturated/α-hetero) is 1. The number of rotatable bonds is 4. The van der Waals surface area contributed by atoms with Crippen molar-refractivity contribution < 1.29 is 14.3 Å². The van der Waals surface area contributed by atoms with Crippen molar-refractivity contribution in [2.45, 2.75) is 57.9 Å². The first-order valence-electron chi connectivity index (χ1n) is 11.2. The van der Waals surface area contributed by atoms with Crippen LogP contribution in [-0.2, 0) is 22.5 Å². The molecule has 1 aromatic carbocycles. The third kappa shape index (κ3) is 2.76. The molecule has 0 N–H and O–H groups in total. The van der Waals surface area contributed by atoms with Crippen molar-refractivity contribution in [3.05, 3.63) is 39.9 Å². The van der Waals surface area contributed by atoms with E-state index in [1.165, 1.54) is 19.3 Å². The Morgan fingerprint density at radius 2 is 1.80 bits per heavy atom. The van der Waals surface area contributed by atoms with E-state index in [2.05, 4.69) is 4.98 Å². The molecule has 5 aliphatic rings. The minimum Gasteiger partial charge on any atom is -0.454 e. The van der Waals surface area contributed by atoms with Gasteiger partial charge < -0.3 is 4.74 Å². The van der Waals surface area contributed by atoms with Crippen LogP contribution in [0.5, 0.6) is 0 Å². The van der Waals surface area contributed by atoms with Gasteiger partial charge in [-0.05, 0) is 80.9 Å². The average molecular weight is 406 g/mol. The Labute approximate surface area is 174 Å². The van der Waals surface area contributed by atoms with E-state index in [4.69, 9.17) is 4.74 Å². The molecule has 4 aliphatic carbocycles. The maximum absolute atomic E-state index is 13.1. The largest absolute Gasteiger partial charge is 0.454 e. The molecule has 0 radical (unpaired) electrons. The molecular formula is C24H26N2O4. The first-order valence-corrected chi connectivity index (χ1v) is 11.2. The van der Waals surface area contributed by atoms with Gasteiger partial charge in [0.2, 0.25) is 0 Å². The SMILES string of the molecule is O=C(OCC(=O)C12CC3CC(CC(C3)C1)C2)c1ccc2c(=O)n3c(nc2c1)CCC3. The topological polar surface area (TPSA) is 78.3 Å². The van der Waals surface area contributed by atoms with Crippen LogP contribution >= 0.6 is 0 Å². The molecule has 0 spiro atoms. The maximum Gasteiger partial charge on any atom is 0.338 e. The molecule has 0 atom stereocenters. The van der Waals surface area contributed by atoms with Gasteiger partial charge in [0.1, 0.15) is 5.82 Å². The molecule has 30 heavy (non-hydrogen) atoms. The quantitative estimate of drug-likeness (QED) is 0.728. The van der Waals surface area contributed by atoms with Crippen molar-refractivity contribution in [3.8, 4) is 0 Å². The number of benzene rings is 1. The fraction of sp³-hybridized carbons (Fsp3) is 0.583. The summed E-state index contributed by atoms with van der Waals surface area (Å²) in [5.74, 6) is 2.41. The molecule has 6 heteroatoms. The molecule has 0 saturated heterocycles. The van der Waals surface area contributed by atoms with Gasteiger partial charge in [-0.25, -0.2) is 9.78 Å². The Hall–Kier alpha value is -2.50. The third-order valence-electron chi connectivity index (χ3n) is 8.02. The smallest absolute Gasteiger partial charge is 0.338 e. The molecule has 2 aromatic rings. The van der Waals surface area contributed by atoms with Crippen LogP contribution in [-0.4, -0.2) is 27.9 Å². The lowest BCUT2D eigenvalue weighted by atomic mass is 9.48. The first kappa shape index (κ1) is 18.3. The molecule has 1 aromatic heterocycles. The van der Waals surface area contributed by atoms with E-state index < -0.39 is 5.97 Å². The Kier molecular flexibility index (Phi) is 3.96. The maximum atomic E-state index is 13.1. The molecule has 2 heterocycles. The summed E-state index contributed by atoms with van der Waals surface area (Å²) in [5, 5.41) is 0.516. The summed E-state index contributed by atoms with van der Waals surface area (Å²) in [6, 6.07) is 4.87. The van der Waals surface area contributed by atoms with Crippen LogP contribution in [0.25, 0.3) is 10.9 Å². The third-order valence-corrected chi connectivity index (χ3v) is 8.02. The zero-order valence-corrected chi connectivity index (χ0v) is 17.1. The second-order valence-corrected chi connectivity index (χ2v) is 10.0. The number of nitrogens with zero attached hydrogens (tertiary/aromatic N) is 2. The fourth-order valence-electron chi connectivity index (χ4n) is 7.03. The van der Waals surface area contributed by atoms with Crippen molar-refractivity contribution in [1.29, 1.82) is 0 Å². The van der Waals surface area contributed by atoms with Gasteiger partial charge in [0.05, 0.1) is 16.5 Å². The fourth-order valence-corrected chi connectivity index (χ4v) is 7.03. The van der Waals surface area contributed by atoms with Crippen molar-refractivity contribution in [3.63, 3.8) is 0 Å². The van der Waals surface area contributed by atoms with Crippen molar-refractivity contribution in [2.75, 3.05) is 6.61 Å². The second kappa shape index (κ2) is 6.50. The highest BCUT2D eigenvalue weighted by Gasteiger charge is 2.54. The molecule has 4 fully saturated rings. The molecule has 7 rings (SSSR count). The van der Waals surface area contributed by atoms with Crippen molar-refractivity contribution in [2.24, 2.45) is 23.2 Å². The Morgan fingerprint density at radius 1 is 1.10 bits per heavy atom. The van der Waals surface area contributed by atoms with Gasteiger partial charge in [0, 0.05) is 18.4 Å². The second-order valence-electron chi connectivity index (χ2n) is 10.0. The molecule has 0 unspecified atom stereocenters. The van der Waals surface area contributed by atoms with Crippen LogP contribution in [0.1, 0.15) is 61.1 Å². The predicted molar refractivity (Wildman–Crippen MR) is 110 cm³/mol. The van der Waals surface area contributed by atoms with E-state index in [-0.39, 0.29) is 23.4 Å². The van der Waals surface area contributed by atoms with Crippen LogP contribution in [0.2, 0.25) is 0 Å². The number of carbonyl (C=O) groups is 2. The van der Waals surface area contributed by atoms with Gasteiger partial charge in [-0.2, -0.15) is 0 Å². The number of hydrogen-bond donors (Lipinski definition) is 0. The highest BCUT2D eigenvalue weighted by molar-refractivity contribution is 5.96. The van der Waals surface area contributed by atoms with Gasteiger partial charge in [0.25, 0.3) is 5.56 Å². The van der Waals surface area contributed by atoms with Gasteiger partial charge in [-0.15, -0.1) is 0 Å². The number of esters is 1. The van der Waals surface area contributed by atoms with Crippen molar-refractivity contribution >= 4 is 22.7 Å². The van der Waals surface area contributed by atoms with Crippen LogP contribution in [0.15, 0.2) is 23.0 Å². The van der Waals surface area contributed by atoms with E-state index in [0.717, 1.165) is 37.9 Å². The van der Waals surface area contributed by atoms with Gasteiger partial charge in [0.15, 0.2) is 12.4 Å². The molecule has 4 bridgehead atoms. The molecular weight excluding hydrogens is 380 g/mol. The number of aryl methyl sites for hydroxylation is 1. The van der Waals surface area contributed by atoms with Gasteiger partial charge in [-0.1, -0.05) is 0 Å². The number of ether oxygens (including phenoxy) is 1. The number of carbonyl (C=O) groups excluding carboxylic acids is 2. The number of aromatic nitrogens is 2. The molecule has 156 valence electrons. The summed E-state index contributed by atoms with van der Waals surface area (Å²) in [7, 11) is 0. The average Bonchev–Trinajstić information content (AvgIpc) is 3.19. The molecule has 6 nitrogen and oxygen atoms in total. The highest BCUT2D eigenvalue weighted by atomic mass is 16.5. The van der Waals surface area contributed by atoms with E-state index in [0.29, 0.717) is 40.8 Å². The Bertz CT molecular complexity index is 1100. The van der Waals surface area contributed by atoms with E-state index >= 15 is 0 Å². The summed E-state index contributed by atoms with van der Waals surface area (Å²) >= 11 is 0. The highest BCUT2D eigenvalue weighted by Crippen LogP contribution is 2.60. The van der Waals surface area contributed by atoms with Gasteiger partial charge >= 0.3 is 5.97 Å². The number of hydrogen-bond acceptors (Lipinski definition) is 5. The number of fused-ring (bicyclic) bond motifs is 2. The van der Waals surface area contributed by atoms with Gasteiger partial charge in [-0.3, -0.25) is 14.2 Å². The minimum atomic E-state index is -0.516. The standard InChI is InChI=1S/C24H26N2O4/c27-20(24-10-14-6-15(11-24)8-16(7-14)12-24)13-30-23(29)17-3-4-18-19(9-17)25-21-2-1-5-26(21)22(18)28/h3-4,9,14-16H,1-2,5-8,10-13H2. The summed E-state index contributed by atoms with van der Waals surface area (Å²) in [6.45, 7) is 0.552. The lowest BCUT2D eigenvalue weighted by Gasteiger charge is -2.55. The van der Waals surface area contributed by atoms with E-state index in [1.807, 2.05) is 0 Å². The molecule has 4 saturated carbocycles.